The van der Waals surface area contributed by atoms with Gasteiger partial charge in [0.15, 0.2) is 27.8 Å². The molecule has 654 valence electrons. The third kappa shape index (κ3) is 11.1. The van der Waals surface area contributed by atoms with E-state index in [9.17, 15) is 0 Å². The molecule has 30 aromatic rings. The van der Waals surface area contributed by atoms with Crippen LogP contribution in [0.4, 0.5) is 0 Å². The Balaban J connectivity index is 0.602. The van der Waals surface area contributed by atoms with E-state index in [-0.39, 0.29) is 0 Å². The molecule has 0 aliphatic heterocycles. The molecule has 0 atom stereocenters. The Bertz CT molecular complexity index is 10300. The van der Waals surface area contributed by atoms with Crippen LogP contribution in [0.25, 0.3) is 213 Å². The van der Waals surface area contributed by atoms with Crippen molar-refractivity contribution >= 4 is 213 Å². The van der Waals surface area contributed by atoms with Gasteiger partial charge in [-0.05, 0) is 168 Å². The lowest BCUT2D eigenvalue weighted by atomic mass is 10.0. The molecule has 140 heavy (non-hydrogen) atoms. The van der Waals surface area contributed by atoms with Crippen molar-refractivity contribution in [1.82, 2.24) is 85.7 Å². The Morgan fingerprint density at radius 2 is 0.514 bits per heavy atom. The highest BCUT2D eigenvalue weighted by Gasteiger charge is 2.46. The van der Waals surface area contributed by atoms with Crippen molar-refractivity contribution in [3.8, 4) is 57.7 Å². The second-order valence-corrected chi connectivity index (χ2v) is 43.5. The van der Waals surface area contributed by atoms with E-state index in [0.29, 0.717) is 58.6 Å². The lowest BCUT2D eigenvalue weighted by Crippen LogP contribution is -2.74. The van der Waals surface area contributed by atoms with Gasteiger partial charge in [-0.3, -0.25) is 17.6 Å². The molecule has 0 spiro atoms. The zero-order valence-electron chi connectivity index (χ0n) is 74.4. The summed E-state index contributed by atoms with van der Waals surface area (Å²) in [4.78, 5) is 56.1. The molecule has 0 radical (unpaired) electrons. The van der Waals surface area contributed by atoms with E-state index >= 15 is 0 Å². The quantitative estimate of drug-likeness (QED) is 0.0698. The number of hydrogen-bond acceptors (Lipinski definition) is 12. The number of nitrogens with zero attached hydrogens (tertiary/aromatic N) is 18. The highest BCUT2D eigenvalue weighted by Crippen LogP contribution is 2.41. The number of imidazole rings is 8. The fourth-order valence-corrected chi connectivity index (χ4v) is 32.2. The molecule has 0 aliphatic rings. The Hall–Kier alpha value is -18.9. The summed E-state index contributed by atoms with van der Waals surface area (Å²) in [6.45, 7) is 0. The third-order valence-electron chi connectivity index (χ3n) is 28.5. The molecule has 0 saturated heterocycles. The summed E-state index contributed by atoms with van der Waals surface area (Å²) in [5, 5.41) is 13.8. The predicted molar refractivity (Wildman–Crippen MR) is 564 cm³/mol. The minimum absolute atomic E-state index is 0.358. The topological polar surface area (TPSA) is 193 Å². The number of hydrogen-bond donors (Lipinski definition) is 0. The summed E-state index contributed by atoms with van der Waals surface area (Å²) >= 11 is 0. The largest absolute Gasteiger partial charge is 0.456 e. The van der Waals surface area contributed by atoms with Crippen LogP contribution in [-0.4, -0.2) is 102 Å². The molecule has 0 saturated carbocycles. The lowest BCUT2D eigenvalue weighted by Gasteiger charge is -2.34. The standard InChI is InChI=1S/C118H72N18O2Si2/c1-5-32-77(33-6-1)139(78-34-7-2-8-35-78,83-65-68-106-87(72-83)85-42-14-27-56-104(85)137-106)82-40-29-31-76(69-82)110-125-113(134-99-54-25-22-51-96(99)130-93-48-19-16-45-89(93)120-116(130)134)128-114(126-110)135-100-55-26-23-52-97(100)132-102-70-74(61-66-91(102)122-118(132)135)75-62-67-101-103(71-75)131-94-49-20-17-46-90(94)121-117(131)136(101)112-124-109(123-111(127-112)133-98-53-24-21-50-95(98)129-92-47-18-15-44-88(92)119-115(129)133)73-59-63-81(64-60-73)140(79-36-9-3-10-37-79,80-38-11-4-12-39-80)107-58-30-43-86-84-41-13-28-57-105(84)138-108(86)107/h1-72H. The van der Waals surface area contributed by atoms with Gasteiger partial charge in [-0.1, -0.05) is 322 Å². The first-order valence-electron chi connectivity index (χ1n) is 46.8. The molecule has 0 amide bonds. The second kappa shape index (κ2) is 29.8. The van der Waals surface area contributed by atoms with Crippen LogP contribution < -0.4 is 41.5 Å². The van der Waals surface area contributed by atoms with E-state index in [1.807, 2.05) is 36.4 Å². The summed E-state index contributed by atoms with van der Waals surface area (Å²) in [6, 6.07) is 155. The van der Waals surface area contributed by atoms with Gasteiger partial charge in [0.25, 0.3) is 0 Å². The normalized spacial score (nSPS) is 12.4. The maximum atomic E-state index is 7.05. The summed E-state index contributed by atoms with van der Waals surface area (Å²) in [5.41, 5.74) is 21.0. The zero-order chi connectivity index (χ0) is 91.6. The van der Waals surface area contributed by atoms with Crippen LogP contribution in [-0.2, 0) is 0 Å². The van der Waals surface area contributed by atoms with Crippen LogP contribution in [0.3, 0.4) is 0 Å². The number of furan rings is 2. The van der Waals surface area contributed by atoms with Gasteiger partial charge in [0.05, 0.1) is 88.3 Å². The molecule has 0 fully saturated rings. The Labute approximate surface area is 796 Å². The van der Waals surface area contributed by atoms with Gasteiger partial charge in [0.1, 0.15) is 22.3 Å². The van der Waals surface area contributed by atoms with Gasteiger partial charge in [-0.25, -0.2) is 38.2 Å². The van der Waals surface area contributed by atoms with Crippen molar-refractivity contribution in [1.29, 1.82) is 0 Å². The molecular formula is C118H72N18O2Si2. The van der Waals surface area contributed by atoms with Gasteiger partial charge in [0.2, 0.25) is 46.9 Å². The van der Waals surface area contributed by atoms with E-state index in [1.165, 1.54) is 25.9 Å². The first kappa shape index (κ1) is 77.5. The number of benzene rings is 18. The minimum atomic E-state index is -3.28. The van der Waals surface area contributed by atoms with Gasteiger partial charge in [0, 0.05) is 32.7 Å². The maximum absolute atomic E-state index is 7.05. The fraction of sp³-hybridized carbons (Fsp3) is 0. The third-order valence-corrected chi connectivity index (χ3v) is 38.1. The molecule has 18 aromatic carbocycles. The molecule has 0 aliphatic carbocycles. The molecule has 30 rings (SSSR count). The van der Waals surface area contributed by atoms with Crippen LogP contribution in [0.1, 0.15) is 0 Å². The first-order chi connectivity index (χ1) is 69.4. The molecule has 12 aromatic heterocycles. The molecule has 12 heterocycles. The second-order valence-electron chi connectivity index (χ2n) is 35.9. The van der Waals surface area contributed by atoms with E-state index in [0.717, 1.165) is 170 Å². The first-order valence-corrected chi connectivity index (χ1v) is 50.8. The van der Waals surface area contributed by atoms with Crippen molar-refractivity contribution in [2.24, 2.45) is 0 Å². The summed E-state index contributed by atoms with van der Waals surface area (Å²) in [6.07, 6.45) is 0. The minimum Gasteiger partial charge on any atom is -0.456 e. The Kier molecular flexibility index (Phi) is 16.5. The number of aromatic nitrogens is 18. The number of rotatable bonds is 15. The Morgan fingerprint density at radius 3 is 1.02 bits per heavy atom. The van der Waals surface area contributed by atoms with Crippen LogP contribution >= 0.6 is 0 Å². The highest BCUT2D eigenvalue weighted by molar-refractivity contribution is 7.21. The van der Waals surface area contributed by atoms with Crippen molar-refractivity contribution in [2.75, 3.05) is 0 Å². The molecular weight excluding hydrogens is 1760 g/mol. The molecule has 0 bridgehead atoms. The van der Waals surface area contributed by atoms with Crippen LogP contribution in [0.5, 0.6) is 0 Å². The summed E-state index contributed by atoms with van der Waals surface area (Å²) in [7, 11) is -6.54. The van der Waals surface area contributed by atoms with E-state index in [4.69, 9.17) is 58.7 Å². The fourth-order valence-electron chi connectivity index (χ4n) is 22.5. The number of fused-ring (bicyclic) bond motifs is 26. The van der Waals surface area contributed by atoms with Crippen molar-refractivity contribution < 1.29 is 8.83 Å². The highest BCUT2D eigenvalue weighted by atomic mass is 28.3. The van der Waals surface area contributed by atoms with Crippen LogP contribution in [0.15, 0.2) is 446 Å². The molecule has 20 nitrogen and oxygen atoms in total. The predicted octanol–water partition coefficient (Wildman–Crippen LogP) is 20.6. The van der Waals surface area contributed by atoms with Crippen LogP contribution in [0, 0.1) is 0 Å². The monoisotopic (exact) mass is 1830 g/mol. The van der Waals surface area contributed by atoms with E-state index in [2.05, 4.69) is 436 Å². The summed E-state index contributed by atoms with van der Waals surface area (Å²) < 4.78 is 30.8. The number of para-hydroxylation sites is 15. The van der Waals surface area contributed by atoms with Gasteiger partial charge >= 0.3 is 0 Å². The van der Waals surface area contributed by atoms with Gasteiger partial charge in [-0.15, -0.1) is 0 Å². The molecule has 22 heteroatoms. The Morgan fingerprint density at radius 1 is 0.179 bits per heavy atom. The summed E-state index contributed by atoms with van der Waals surface area (Å²) in [5.74, 6) is 4.92. The van der Waals surface area contributed by atoms with E-state index < -0.39 is 16.1 Å². The molecule has 0 N–H and O–H groups in total. The zero-order valence-corrected chi connectivity index (χ0v) is 76.4. The SMILES string of the molecule is c1ccc([Si](c2ccccc2)(c2cccc(-c3nc(-n4c5ccccc5n5c6ccccc6nc45)nc(-n4c5ccccc5n5c6cc(-c7ccc8c(c7)n7c9ccccc9nc7n8-c7nc(-c8ccc([Si](c9ccccc9)(c9ccccc9)c9cccc%10c9oc9ccccc9%10)cc8)nc(-n8c9ccccc9n9c%10ccccc%10nc89)n7)ccc6nc45)n3)c2)c2ccc3oc4ccccc4c3c2)cc1. The van der Waals surface area contributed by atoms with Crippen molar-refractivity contribution in [3.63, 3.8) is 0 Å². The van der Waals surface area contributed by atoms with Crippen molar-refractivity contribution in [2.45, 2.75) is 0 Å². The smallest absolute Gasteiger partial charge is 0.242 e. The average Bonchev–Trinajstić information content (AvgIpc) is 1.46. The van der Waals surface area contributed by atoms with Gasteiger partial charge < -0.3 is 8.83 Å². The van der Waals surface area contributed by atoms with Crippen LogP contribution in [0.2, 0.25) is 0 Å². The van der Waals surface area contributed by atoms with E-state index in [1.54, 1.807) is 0 Å². The van der Waals surface area contributed by atoms with Crippen molar-refractivity contribution in [3.05, 3.63) is 437 Å². The lowest BCUT2D eigenvalue weighted by molar-refractivity contribution is 0.669. The van der Waals surface area contributed by atoms with Gasteiger partial charge in [-0.2, -0.15) is 29.9 Å². The molecule has 0 unspecified atom stereocenters. The maximum Gasteiger partial charge on any atom is 0.242 e. The average molecular weight is 1830 g/mol.